The molecule has 5 heteroatoms. The Hall–Kier alpha value is -3.42. The summed E-state index contributed by atoms with van der Waals surface area (Å²) < 4.78 is 1.09. The lowest BCUT2D eigenvalue weighted by Gasteiger charge is -2.36. The summed E-state index contributed by atoms with van der Waals surface area (Å²) in [6.45, 7) is 0. The van der Waals surface area contributed by atoms with E-state index in [2.05, 4.69) is 40.8 Å². The Kier molecular flexibility index (Phi) is 5.07. The third kappa shape index (κ3) is 2.89. The number of ketones is 1. The third-order valence-electron chi connectivity index (χ3n) is 6.49. The standard InChI is InChI=1S/C27H18IN3O/c28-21-12-13-22-20(15-21)11-14-24-27(17-30,26(32)19-9-5-2-6-10-19)25(23(16-29)31(22)24)18-7-3-1-4-8-18/h1-15,23-25H/t23-,24+,25-,27+/m0/s1. The number of hydrogen-bond acceptors (Lipinski definition) is 4. The zero-order valence-corrected chi connectivity index (χ0v) is 19.2. The molecule has 3 aromatic rings. The van der Waals surface area contributed by atoms with E-state index in [4.69, 9.17) is 0 Å². The first kappa shape index (κ1) is 20.5. The molecule has 0 amide bonds. The number of carbonyl (C=O) groups excluding carboxylic acids is 1. The highest BCUT2D eigenvalue weighted by molar-refractivity contribution is 14.1. The average molecular weight is 527 g/mol. The number of fused-ring (bicyclic) bond motifs is 3. The van der Waals surface area contributed by atoms with Crippen LogP contribution in [0.5, 0.6) is 0 Å². The van der Waals surface area contributed by atoms with Gasteiger partial charge in [-0.05, 0) is 51.9 Å². The Morgan fingerprint density at radius 2 is 1.66 bits per heavy atom. The number of benzene rings is 3. The molecule has 1 saturated heterocycles. The average Bonchev–Trinajstić information content (AvgIpc) is 3.15. The van der Waals surface area contributed by atoms with Crippen molar-refractivity contribution in [2.24, 2.45) is 5.41 Å². The number of nitrogens with zero attached hydrogens (tertiary/aromatic N) is 3. The first-order valence-corrected chi connectivity index (χ1v) is 11.4. The molecule has 2 heterocycles. The lowest BCUT2D eigenvalue weighted by atomic mass is 9.65. The van der Waals surface area contributed by atoms with Gasteiger partial charge in [-0.2, -0.15) is 10.5 Å². The highest BCUT2D eigenvalue weighted by atomic mass is 127. The Balaban J connectivity index is 1.79. The van der Waals surface area contributed by atoms with Crippen LogP contribution in [-0.4, -0.2) is 17.9 Å². The number of hydrogen-bond donors (Lipinski definition) is 0. The maximum atomic E-state index is 14.1. The maximum Gasteiger partial charge on any atom is 0.186 e. The van der Waals surface area contributed by atoms with Crippen LogP contribution in [0.2, 0.25) is 0 Å². The molecule has 1 fully saturated rings. The van der Waals surface area contributed by atoms with Crippen molar-refractivity contribution in [2.75, 3.05) is 4.90 Å². The Labute approximate surface area is 200 Å². The van der Waals surface area contributed by atoms with Crippen molar-refractivity contribution in [3.8, 4) is 12.1 Å². The largest absolute Gasteiger partial charge is 0.346 e. The van der Waals surface area contributed by atoms with Crippen LogP contribution in [-0.2, 0) is 0 Å². The number of anilines is 1. The zero-order chi connectivity index (χ0) is 22.3. The molecular formula is C27H18IN3O. The number of rotatable bonds is 3. The second kappa shape index (κ2) is 7.93. The predicted molar refractivity (Wildman–Crippen MR) is 132 cm³/mol. The van der Waals surface area contributed by atoms with Gasteiger partial charge in [-0.25, -0.2) is 0 Å². The molecule has 4 nitrogen and oxygen atoms in total. The van der Waals surface area contributed by atoms with Gasteiger partial charge in [0.15, 0.2) is 11.2 Å². The molecule has 32 heavy (non-hydrogen) atoms. The number of carbonyl (C=O) groups is 1. The minimum Gasteiger partial charge on any atom is -0.346 e. The van der Waals surface area contributed by atoms with E-state index in [9.17, 15) is 15.3 Å². The highest BCUT2D eigenvalue weighted by Crippen LogP contribution is 2.56. The Morgan fingerprint density at radius 3 is 2.31 bits per heavy atom. The fraction of sp³-hybridized carbons (Fsp3) is 0.148. The van der Waals surface area contributed by atoms with Crippen molar-refractivity contribution in [1.29, 1.82) is 10.5 Å². The molecule has 0 saturated carbocycles. The topological polar surface area (TPSA) is 67.9 Å². The van der Waals surface area contributed by atoms with Gasteiger partial charge in [0.05, 0.1) is 18.2 Å². The van der Waals surface area contributed by atoms with Gasteiger partial charge in [-0.3, -0.25) is 4.79 Å². The minimum absolute atomic E-state index is 0.249. The summed E-state index contributed by atoms with van der Waals surface area (Å²) in [5.74, 6) is -0.855. The molecule has 2 aliphatic heterocycles. The van der Waals surface area contributed by atoms with E-state index in [0.717, 1.165) is 20.4 Å². The van der Waals surface area contributed by atoms with E-state index in [0.29, 0.717) is 5.56 Å². The van der Waals surface area contributed by atoms with Crippen molar-refractivity contribution >= 4 is 40.1 Å². The van der Waals surface area contributed by atoms with Gasteiger partial charge in [0.2, 0.25) is 0 Å². The minimum atomic E-state index is -1.44. The smallest absolute Gasteiger partial charge is 0.186 e. The second-order valence-electron chi connectivity index (χ2n) is 8.05. The van der Waals surface area contributed by atoms with E-state index < -0.39 is 23.4 Å². The number of nitriles is 2. The normalized spacial score (nSPS) is 25.3. The van der Waals surface area contributed by atoms with Crippen molar-refractivity contribution in [3.05, 3.63) is 105 Å². The molecule has 3 aromatic carbocycles. The molecule has 0 radical (unpaired) electrons. The van der Waals surface area contributed by atoms with Gasteiger partial charge in [0.1, 0.15) is 6.04 Å². The summed E-state index contributed by atoms with van der Waals surface area (Å²) >= 11 is 2.26. The predicted octanol–water partition coefficient (Wildman–Crippen LogP) is 5.58. The van der Waals surface area contributed by atoms with Crippen LogP contribution >= 0.6 is 22.6 Å². The van der Waals surface area contributed by atoms with E-state index in [1.165, 1.54) is 0 Å². The summed E-state index contributed by atoms with van der Waals surface area (Å²) in [5, 5.41) is 21.0. The van der Waals surface area contributed by atoms with Crippen molar-refractivity contribution < 1.29 is 4.79 Å². The van der Waals surface area contributed by atoms with Gasteiger partial charge in [0.25, 0.3) is 0 Å². The zero-order valence-electron chi connectivity index (χ0n) is 17.0. The van der Waals surface area contributed by atoms with Gasteiger partial charge >= 0.3 is 0 Å². The molecule has 0 spiro atoms. The van der Waals surface area contributed by atoms with E-state index in [1.807, 2.05) is 65.6 Å². The molecule has 5 rings (SSSR count). The van der Waals surface area contributed by atoms with E-state index >= 15 is 0 Å². The molecule has 154 valence electrons. The van der Waals surface area contributed by atoms with Crippen LogP contribution in [0.3, 0.4) is 0 Å². The molecular weight excluding hydrogens is 509 g/mol. The fourth-order valence-electron chi connectivity index (χ4n) is 5.15. The lowest BCUT2D eigenvalue weighted by molar-refractivity contribution is 0.0842. The van der Waals surface area contributed by atoms with Crippen LogP contribution in [0.15, 0.2) is 84.9 Å². The highest BCUT2D eigenvalue weighted by Gasteiger charge is 2.64. The first-order valence-electron chi connectivity index (χ1n) is 10.3. The lowest BCUT2D eigenvalue weighted by Crippen LogP contribution is -2.45. The third-order valence-corrected chi connectivity index (χ3v) is 7.16. The van der Waals surface area contributed by atoms with Crippen molar-refractivity contribution in [3.63, 3.8) is 0 Å². The summed E-state index contributed by atoms with van der Waals surface area (Å²) in [4.78, 5) is 16.1. The van der Waals surface area contributed by atoms with Gasteiger partial charge in [-0.15, -0.1) is 0 Å². The second-order valence-corrected chi connectivity index (χ2v) is 9.30. The van der Waals surface area contributed by atoms with Crippen LogP contribution in [0, 0.1) is 31.6 Å². The van der Waals surface area contributed by atoms with Crippen LogP contribution in [0.4, 0.5) is 5.69 Å². The van der Waals surface area contributed by atoms with Crippen LogP contribution in [0.1, 0.15) is 27.4 Å². The molecule has 0 bridgehead atoms. The summed E-state index contributed by atoms with van der Waals surface area (Å²) in [6, 6.07) is 28.2. The molecule has 0 aliphatic carbocycles. The molecule has 0 aromatic heterocycles. The van der Waals surface area contributed by atoms with E-state index in [1.54, 1.807) is 24.3 Å². The van der Waals surface area contributed by atoms with Gasteiger partial charge < -0.3 is 4.90 Å². The van der Waals surface area contributed by atoms with Crippen molar-refractivity contribution in [1.82, 2.24) is 0 Å². The maximum absolute atomic E-state index is 14.1. The molecule has 0 N–H and O–H groups in total. The van der Waals surface area contributed by atoms with Crippen LogP contribution < -0.4 is 4.90 Å². The number of Topliss-reactive ketones (excluding diaryl/α,β-unsaturated/α-hetero) is 1. The quantitative estimate of drug-likeness (QED) is 0.330. The summed E-state index contributed by atoms with van der Waals surface area (Å²) in [6.07, 6.45) is 3.90. The first-order chi connectivity index (χ1) is 15.6. The monoisotopic (exact) mass is 527 g/mol. The Bertz CT molecular complexity index is 1310. The van der Waals surface area contributed by atoms with Crippen molar-refractivity contribution in [2.45, 2.75) is 18.0 Å². The SMILES string of the molecule is N#C[C@H]1[C@H](c2ccccc2)[C@](C#N)(C(=O)c2ccccc2)[C@H]2C=Cc3cc(I)ccc3N12. The van der Waals surface area contributed by atoms with E-state index in [-0.39, 0.29) is 5.78 Å². The fourth-order valence-corrected chi connectivity index (χ4v) is 5.67. The Morgan fingerprint density at radius 1 is 0.969 bits per heavy atom. The molecule has 2 aliphatic rings. The summed E-state index contributed by atoms with van der Waals surface area (Å²) in [7, 11) is 0. The number of halogens is 1. The molecule has 0 unspecified atom stereocenters. The van der Waals surface area contributed by atoms with Crippen LogP contribution in [0.25, 0.3) is 6.08 Å². The van der Waals surface area contributed by atoms with Gasteiger partial charge in [0, 0.05) is 20.7 Å². The van der Waals surface area contributed by atoms with Gasteiger partial charge in [-0.1, -0.05) is 72.8 Å². The summed E-state index contributed by atoms with van der Waals surface area (Å²) in [5.41, 5.74) is 1.72. The molecule has 4 atom stereocenters.